The van der Waals surface area contributed by atoms with E-state index in [1.54, 1.807) is 6.07 Å². The van der Waals surface area contributed by atoms with Crippen molar-refractivity contribution in [3.8, 4) is 0 Å². The minimum absolute atomic E-state index is 0.258. The van der Waals surface area contributed by atoms with E-state index in [1.165, 1.54) is 6.07 Å². The van der Waals surface area contributed by atoms with Crippen molar-refractivity contribution in [1.29, 1.82) is 0 Å². The van der Waals surface area contributed by atoms with Crippen LogP contribution in [-0.4, -0.2) is 11.5 Å². The SMILES string of the molecule is C=C(Cl)CNCc1ccc([N+](=O)[O-])o1. The molecule has 0 aliphatic rings. The number of nitro groups is 1. The predicted octanol–water partition coefficient (Wildman–Crippen LogP) is 2.03. The van der Waals surface area contributed by atoms with Crippen LogP contribution >= 0.6 is 11.6 Å². The molecular weight excluding hydrogens is 208 g/mol. The molecule has 76 valence electrons. The topological polar surface area (TPSA) is 68.3 Å². The molecule has 0 amide bonds. The third kappa shape index (κ3) is 3.20. The van der Waals surface area contributed by atoms with Gasteiger partial charge in [-0.25, -0.2) is 0 Å². The zero-order valence-corrected chi connectivity index (χ0v) is 8.08. The average Bonchev–Trinajstić information content (AvgIpc) is 2.52. The van der Waals surface area contributed by atoms with Gasteiger partial charge in [0.25, 0.3) is 0 Å². The van der Waals surface area contributed by atoms with E-state index in [0.717, 1.165) is 0 Å². The average molecular weight is 217 g/mol. The lowest BCUT2D eigenvalue weighted by atomic mass is 10.4. The molecule has 0 saturated heterocycles. The Kier molecular flexibility index (Phi) is 3.67. The van der Waals surface area contributed by atoms with E-state index in [1.807, 2.05) is 0 Å². The van der Waals surface area contributed by atoms with Gasteiger partial charge in [0.05, 0.1) is 12.6 Å². The van der Waals surface area contributed by atoms with Crippen molar-refractivity contribution >= 4 is 17.5 Å². The van der Waals surface area contributed by atoms with Gasteiger partial charge in [0.1, 0.15) is 10.7 Å². The summed E-state index contributed by atoms with van der Waals surface area (Å²) in [6.45, 7) is 4.31. The number of hydrogen-bond acceptors (Lipinski definition) is 4. The van der Waals surface area contributed by atoms with Gasteiger partial charge in [-0.2, -0.15) is 0 Å². The number of halogens is 1. The van der Waals surface area contributed by atoms with Crippen LogP contribution in [0.3, 0.4) is 0 Å². The summed E-state index contributed by atoms with van der Waals surface area (Å²) in [7, 11) is 0. The molecule has 1 rings (SSSR count). The Morgan fingerprint density at radius 3 is 2.93 bits per heavy atom. The van der Waals surface area contributed by atoms with Gasteiger partial charge >= 0.3 is 5.88 Å². The summed E-state index contributed by atoms with van der Waals surface area (Å²) >= 11 is 5.50. The Balaban J connectivity index is 2.44. The highest BCUT2D eigenvalue weighted by molar-refractivity contribution is 6.29. The second kappa shape index (κ2) is 4.78. The van der Waals surface area contributed by atoms with Crippen LogP contribution in [0.4, 0.5) is 5.88 Å². The van der Waals surface area contributed by atoms with E-state index in [4.69, 9.17) is 16.0 Å². The quantitative estimate of drug-likeness (QED) is 0.604. The summed E-state index contributed by atoms with van der Waals surface area (Å²) in [4.78, 5) is 9.67. The minimum atomic E-state index is -0.579. The van der Waals surface area contributed by atoms with Gasteiger partial charge in [-0.1, -0.05) is 18.2 Å². The number of furan rings is 1. The van der Waals surface area contributed by atoms with E-state index >= 15 is 0 Å². The summed E-state index contributed by atoms with van der Waals surface area (Å²) in [6.07, 6.45) is 0. The third-order valence-corrected chi connectivity index (χ3v) is 1.58. The summed E-state index contributed by atoms with van der Waals surface area (Å²) in [6, 6.07) is 2.86. The molecule has 1 aromatic heterocycles. The van der Waals surface area contributed by atoms with E-state index in [2.05, 4.69) is 11.9 Å². The monoisotopic (exact) mass is 216 g/mol. The Morgan fingerprint density at radius 1 is 1.71 bits per heavy atom. The molecule has 0 spiro atoms. The van der Waals surface area contributed by atoms with Crippen LogP contribution < -0.4 is 5.32 Å². The van der Waals surface area contributed by atoms with Gasteiger partial charge in [-0.15, -0.1) is 0 Å². The number of rotatable bonds is 5. The second-order valence-electron chi connectivity index (χ2n) is 2.62. The van der Waals surface area contributed by atoms with Crippen molar-refractivity contribution in [2.45, 2.75) is 6.54 Å². The Morgan fingerprint density at radius 2 is 2.43 bits per heavy atom. The molecule has 0 saturated carbocycles. The highest BCUT2D eigenvalue weighted by Gasteiger charge is 2.10. The van der Waals surface area contributed by atoms with Crippen LogP contribution in [0.25, 0.3) is 0 Å². The van der Waals surface area contributed by atoms with Crippen LogP contribution in [0.2, 0.25) is 0 Å². The van der Waals surface area contributed by atoms with Crippen molar-refractivity contribution in [1.82, 2.24) is 5.32 Å². The van der Waals surface area contributed by atoms with Crippen LogP contribution in [-0.2, 0) is 6.54 Å². The maximum absolute atomic E-state index is 10.3. The lowest BCUT2D eigenvalue weighted by Crippen LogP contribution is -2.13. The van der Waals surface area contributed by atoms with Gasteiger partial charge in [0, 0.05) is 11.6 Å². The van der Waals surface area contributed by atoms with Crippen LogP contribution in [0, 0.1) is 10.1 Å². The Labute approximate surface area is 85.5 Å². The van der Waals surface area contributed by atoms with Crippen LogP contribution in [0.5, 0.6) is 0 Å². The highest BCUT2D eigenvalue weighted by atomic mass is 35.5. The van der Waals surface area contributed by atoms with E-state index in [9.17, 15) is 10.1 Å². The molecule has 1 aromatic rings. The first-order valence-corrected chi connectivity index (χ1v) is 4.24. The van der Waals surface area contributed by atoms with E-state index in [0.29, 0.717) is 23.9 Å². The predicted molar refractivity (Wildman–Crippen MR) is 52.1 cm³/mol. The molecular formula is C8H9ClN2O3. The number of hydrogen-bond donors (Lipinski definition) is 1. The van der Waals surface area contributed by atoms with Gasteiger partial charge in [-0.05, 0) is 6.07 Å². The van der Waals surface area contributed by atoms with Gasteiger partial charge in [0.2, 0.25) is 0 Å². The van der Waals surface area contributed by atoms with Crippen molar-refractivity contribution in [3.63, 3.8) is 0 Å². The van der Waals surface area contributed by atoms with Gasteiger partial charge in [0.15, 0.2) is 0 Å². The molecule has 0 atom stereocenters. The lowest BCUT2D eigenvalue weighted by molar-refractivity contribution is -0.402. The van der Waals surface area contributed by atoms with Crippen molar-refractivity contribution < 1.29 is 9.34 Å². The fourth-order valence-corrected chi connectivity index (χ4v) is 0.976. The van der Waals surface area contributed by atoms with E-state index < -0.39 is 4.92 Å². The summed E-state index contributed by atoms with van der Waals surface area (Å²) in [5.41, 5.74) is 0. The normalized spacial score (nSPS) is 10.1. The number of nitrogens with zero attached hydrogens (tertiary/aromatic N) is 1. The smallest absolute Gasteiger partial charge is 0.404 e. The van der Waals surface area contributed by atoms with Crippen LogP contribution in [0.15, 0.2) is 28.2 Å². The molecule has 0 fully saturated rings. The molecule has 0 bridgehead atoms. The molecule has 1 N–H and O–H groups in total. The molecule has 6 heteroatoms. The van der Waals surface area contributed by atoms with Crippen molar-refractivity contribution in [2.75, 3.05) is 6.54 Å². The molecule has 0 radical (unpaired) electrons. The molecule has 0 aliphatic carbocycles. The summed E-state index contributed by atoms with van der Waals surface area (Å²) in [5.74, 6) is 0.237. The van der Waals surface area contributed by atoms with Crippen molar-refractivity contribution in [3.05, 3.63) is 39.6 Å². The van der Waals surface area contributed by atoms with Gasteiger partial charge < -0.3 is 9.73 Å². The molecule has 1 heterocycles. The second-order valence-corrected chi connectivity index (χ2v) is 3.15. The first-order chi connectivity index (χ1) is 6.59. The zero-order valence-electron chi connectivity index (χ0n) is 7.33. The highest BCUT2D eigenvalue weighted by Crippen LogP contribution is 2.15. The van der Waals surface area contributed by atoms with Gasteiger partial charge in [-0.3, -0.25) is 10.1 Å². The fourth-order valence-electron chi connectivity index (χ4n) is 0.881. The molecule has 0 aromatic carbocycles. The summed E-state index contributed by atoms with van der Waals surface area (Å²) in [5, 5.41) is 13.6. The van der Waals surface area contributed by atoms with E-state index in [-0.39, 0.29) is 5.88 Å². The largest absolute Gasteiger partial charge is 0.433 e. The zero-order chi connectivity index (χ0) is 10.6. The first kappa shape index (κ1) is 10.7. The molecule has 5 nitrogen and oxygen atoms in total. The lowest BCUT2D eigenvalue weighted by Gasteiger charge is -1.98. The van der Waals surface area contributed by atoms with Crippen molar-refractivity contribution in [2.24, 2.45) is 0 Å². The third-order valence-electron chi connectivity index (χ3n) is 1.44. The first-order valence-electron chi connectivity index (χ1n) is 3.86. The molecule has 14 heavy (non-hydrogen) atoms. The maximum atomic E-state index is 10.3. The number of nitrogens with one attached hydrogen (secondary N) is 1. The maximum Gasteiger partial charge on any atom is 0.433 e. The fraction of sp³-hybridized carbons (Fsp3) is 0.250. The van der Waals surface area contributed by atoms with Crippen LogP contribution in [0.1, 0.15) is 5.76 Å². The molecule has 0 unspecified atom stereocenters. The Hall–Kier alpha value is -1.33. The minimum Gasteiger partial charge on any atom is -0.404 e. The Bertz CT molecular complexity index is 348. The summed E-state index contributed by atoms with van der Waals surface area (Å²) < 4.78 is 4.89. The molecule has 0 aliphatic heterocycles. The standard InChI is InChI=1S/C8H9ClN2O3/c1-6(9)4-10-5-7-2-3-8(14-7)11(12)13/h2-3,10H,1,4-5H2.